The minimum Gasteiger partial charge on any atom is -0.502 e. The second kappa shape index (κ2) is 5.61. The van der Waals surface area contributed by atoms with Crippen molar-refractivity contribution in [3.05, 3.63) is 70.7 Å². The van der Waals surface area contributed by atoms with Gasteiger partial charge in [0.1, 0.15) is 0 Å². The average molecular weight is 315 g/mol. The van der Waals surface area contributed by atoms with Gasteiger partial charge in [-0.05, 0) is 29.8 Å². The fraction of sp³-hybridized carbons (Fsp3) is 0.0625. The number of hydrogen-bond acceptors (Lipinski definition) is 4. The molecule has 0 aliphatic carbocycles. The lowest BCUT2D eigenvalue weighted by Gasteiger charge is -2.13. The number of benzene rings is 1. The van der Waals surface area contributed by atoms with Crippen LogP contribution in [-0.4, -0.2) is 26.8 Å². The molecule has 0 spiro atoms. The van der Waals surface area contributed by atoms with Gasteiger partial charge in [-0.2, -0.15) is 0 Å². The summed E-state index contributed by atoms with van der Waals surface area (Å²) >= 11 is 5.81. The van der Waals surface area contributed by atoms with E-state index in [4.69, 9.17) is 11.6 Å². The summed E-state index contributed by atoms with van der Waals surface area (Å²) in [5.41, 5.74) is 0.996. The normalized spacial score (nSPS) is 14.9. The summed E-state index contributed by atoms with van der Waals surface area (Å²) in [6.07, 6.45) is 1.58. The third-order valence-corrected chi connectivity index (χ3v) is 3.57. The van der Waals surface area contributed by atoms with Gasteiger partial charge in [-0.25, -0.2) is 0 Å². The Morgan fingerprint density at radius 2 is 1.77 bits per heavy atom. The van der Waals surface area contributed by atoms with Gasteiger partial charge in [-0.3, -0.25) is 19.5 Å². The van der Waals surface area contributed by atoms with Gasteiger partial charge in [0.2, 0.25) is 0 Å². The molecule has 0 fully saturated rings. The molecule has 22 heavy (non-hydrogen) atoms. The molecule has 1 aromatic heterocycles. The molecule has 110 valence electrons. The lowest BCUT2D eigenvalue weighted by atomic mass is 10.1. The van der Waals surface area contributed by atoms with Gasteiger partial charge in [0, 0.05) is 11.2 Å². The van der Waals surface area contributed by atoms with Gasteiger partial charge in [-0.1, -0.05) is 29.8 Å². The van der Waals surface area contributed by atoms with E-state index in [1.54, 1.807) is 48.7 Å². The van der Waals surface area contributed by atoms with E-state index in [2.05, 4.69) is 4.98 Å². The SMILES string of the molecule is O=C1C(O)=C(c2ccc(Cl)cc2)C(=O)N1Cc1ccccn1. The van der Waals surface area contributed by atoms with E-state index in [0.29, 0.717) is 16.3 Å². The molecule has 5 nitrogen and oxygen atoms in total. The summed E-state index contributed by atoms with van der Waals surface area (Å²) in [5.74, 6) is -1.82. The first-order valence-corrected chi connectivity index (χ1v) is 6.91. The van der Waals surface area contributed by atoms with Crippen molar-refractivity contribution in [1.29, 1.82) is 0 Å². The van der Waals surface area contributed by atoms with Crippen LogP contribution in [0.1, 0.15) is 11.3 Å². The van der Waals surface area contributed by atoms with Crippen molar-refractivity contribution in [2.45, 2.75) is 6.54 Å². The molecule has 1 aromatic carbocycles. The summed E-state index contributed by atoms with van der Waals surface area (Å²) in [5, 5.41) is 10.5. The Morgan fingerprint density at radius 3 is 2.41 bits per heavy atom. The predicted octanol–water partition coefficient (Wildman–Crippen LogP) is 2.57. The topological polar surface area (TPSA) is 70.5 Å². The Hall–Kier alpha value is -2.66. The lowest BCUT2D eigenvalue weighted by Crippen LogP contribution is -2.31. The molecule has 0 bridgehead atoms. The van der Waals surface area contributed by atoms with Gasteiger partial charge >= 0.3 is 0 Å². The highest BCUT2D eigenvalue weighted by Crippen LogP contribution is 2.29. The number of amides is 2. The summed E-state index contributed by atoms with van der Waals surface area (Å²) in [7, 11) is 0. The minimum atomic E-state index is -0.722. The Morgan fingerprint density at radius 1 is 1.05 bits per heavy atom. The van der Waals surface area contributed by atoms with Crippen LogP contribution in [0.5, 0.6) is 0 Å². The van der Waals surface area contributed by atoms with Crippen molar-refractivity contribution in [1.82, 2.24) is 9.88 Å². The van der Waals surface area contributed by atoms with Crippen molar-refractivity contribution in [2.24, 2.45) is 0 Å². The van der Waals surface area contributed by atoms with Gasteiger partial charge in [0.15, 0.2) is 5.76 Å². The van der Waals surface area contributed by atoms with E-state index in [0.717, 1.165) is 4.90 Å². The molecule has 0 saturated heterocycles. The number of aliphatic hydroxyl groups excluding tert-OH is 1. The zero-order valence-electron chi connectivity index (χ0n) is 11.4. The van der Waals surface area contributed by atoms with E-state index in [1.807, 2.05) is 0 Å². The Balaban J connectivity index is 1.92. The number of aliphatic hydroxyl groups is 1. The van der Waals surface area contributed by atoms with Crippen molar-refractivity contribution >= 4 is 29.0 Å². The molecule has 3 rings (SSSR count). The highest BCUT2D eigenvalue weighted by Gasteiger charge is 2.39. The molecule has 1 aliphatic rings. The molecule has 1 aliphatic heterocycles. The first-order chi connectivity index (χ1) is 10.6. The fourth-order valence-electron chi connectivity index (χ4n) is 2.24. The Bertz CT molecular complexity index is 770. The van der Waals surface area contributed by atoms with E-state index >= 15 is 0 Å². The van der Waals surface area contributed by atoms with Crippen LogP contribution in [0, 0.1) is 0 Å². The van der Waals surface area contributed by atoms with Crippen molar-refractivity contribution in [2.75, 3.05) is 0 Å². The maximum Gasteiger partial charge on any atom is 0.296 e. The molecule has 0 atom stereocenters. The number of carbonyl (C=O) groups excluding carboxylic acids is 2. The third kappa shape index (κ3) is 2.46. The van der Waals surface area contributed by atoms with Crippen LogP contribution < -0.4 is 0 Å². The van der Waals surface area contributed by atoms with Gasteiger partial charge < -0.3 is 5.11 Å². The van der Waals surface area contributed by atoms with Crippen LogP contribution >= 0.6 is 11.6 Å². The molecule has 2 aromatic rings. The lowest BCUT2D eigenvalue weighted by molar-refractivity contribution is -0.138. The standard InChI is InChI=1S/C16H11ClN2O3/c17-11-6-4-10(5-7-11)13-14(20)16(22)19(15(13)21)9-12-3-1-2-8-18-12/h1-8,20H,9H2. The first-order valence-electron chi connectivity index (χ1n) is 6.53. The number of halogens is 1. The fourth-order valence-corrected chi connectivity index (χ4v) is 2.36. The number of aromatic nitrogens is 1. The zero-order valence-corrected chi connectivity index (χ0v) is 12.1. The molecule has 0 radical (unpaired) electrons. The molecular formula is C16H11ClN2O3. The van der Waals surface area contributed by atoms with Crippen LogP contribution in [0.25, 0.3) is 5.57 Å². The first kappa shape index (κ1) is 14.3. The average Bonchev–Trinajstić information content (AvgIpc) is 2.73. The summed E-state index contributed by atoms with van der Waals surface area (Å²) in [4.78, 5) is 29.6. The summed E-state index contributed by atoms with van der Waals surface area (Å²) in [6.45, 7) is 0.0135. The second-order valence-corrected chi connectivity index (χ2v) is 5.18. The number of carbonyl (C=O) groups is 2. The van der Waals surface area contributed by atoms with E-state index < -0.39 is 17.6 Å². The largest absolute Gasteiger partial charge is 0.502 e. The van der Waals surface area contributed by atoms with Crippen LogP contribution in [0.3, 0.4) is 0 Å². The maximum atomic E-state index is 12.4. The van der Waals surface area contributed by atoms with E-state index in [1.165, 1.54) is 0 Å². The van der Waals surface area contributed by atoms with Crippen molar-refractivity contribution in [3.8, 4) is 0 Å². The van der Waals surface area contributed by atoms with Gasteiger partial charge in [0.25, 0.3) is 11.8 Å². The summed E-state index contributed by atoms with van der Waals surface area (Å²) in [6, 6.07) is 11.6. The van der Waals surface area contributed by atoms with Crippen molar-refractivity contribution in [3.63, 3.8) is 0 Å². The molecule has 0 saturated carbocycles. The minimum absolute atomic E-state index is 0.0135. The second-order valence-electron chi connectivity index (χ2n) is 4.75. The van der Waals surface area contributed by atoms with Crippen LogP contribution in [0.4, 0.5) is 0 Å². The third-order valence-electron chi connectivity index (χ3n) is 3.32. The van der Waals surface area contributed by atoms with Gasteiger partial charge in [-0.15, -0.1) is 0 Å². The number of rotatable bonds is 3. The molecule has 2 heterocycles. The molecule has 2 amide bonds. The smallest absolute Gasteiger partial charge is 0.296 e. The quantitative estimate of drug-likeness (QED) is 0.884. The number of pyridine rings is 1. The van der Waals surface area contributed by atoms with E-state index in [-0.39, 0.29) is 12.1 Å². The number of nitrogens with zero attached hydrogens (tertiary/aromatic N) is 2. The Labute approximate surface area is 131 Å². The van der Waals surface area contributed by atoms with Gasteiger partial charge in [0.05, 0.1) is 17.8 Å². The number of hydrogen-bond donors (Lipinski definition) is 1. The Kier molecular flexibility index (Phi) is 3.65. The van der Waals surface area contributed by atoms with E-state index in [9.17, 15) is 14.7 Å². The monoisotopic (exact) mass is 314 g/mol. The molecule has 6 heteroatoms. The maximum absolute atomic E-state index is 12.4. The van der Waals surface area contributed by atoms with Crippen LogP contribution in [-0.2, 0) is 16.1 Å². The highest BCUT2D eigenvalue weighted by molar-refractivity contribution is 6.35. The number of imide groups is 1. The van der Waals surface area contributed by atoms with Crippen molar-refractivity contribution < 1.29 is 14.7 Å². The molecule has 0 unspecified atom stereocenters. The van der Waals surface area contributed by atoms with Crippen LogP contribution in [0.2, 0.25) is 5.02 Å². The predicted molar refractivity (Wildman–Crippen MR) is 80.8 cm³/mol. The van der Waals surface area contributed by atoms with Crippen LogP contribution in [0.15, 0.2) is 54.4 Å². The summed E-state index contributed by atoms with van der Waals surface area (Å²) < 4.78 is 0. The highest BCUT2D eigenvalue weighted by atomic mass is 35.5. The molecule has 1 N–H and O–H groups in total. The molecular weight excluding hydrogens is 304 g/mol. The zero-order chi connectivity index (χ0) is 15.7.